The number of likely N-dealkylation sites (tertiary alicyclic amines) is 1. The molecule has 2 rings (SSSR count). The highest BCUT2D eigenvalue weighted by molar-refractivity contribution is 5.64. The molecule has 0 amide bonds. The van der Waals surface area contributed by atoms with Gasteiger partial charge in [0.05, 0.1) is 6.04 Å². The van der Waals surface area contributed by atoms with E-state index in [2.05, 4.69) is 0 Å². The van der Waals surface area contributed by atoms with Crippen molar-refractivity contribution in [1.82, 2.24) is 4.90 Å². The van der Waals surface area contributed by atoms with E-state index < -0.39 is 5.92 Å². The number of benzene rings is 1. The van der Waals surface area contributed by atoms with Gasteiger partial charge in [0.15, 0.2) is 0 Å². The summed E-state index contributed by atoms with van der Waals surface area (Å²) in [5, 5.41) is 7.48. The van der Waals surface area contributed by atoms with Gasteiger partial charge in [0, 0.05) is 32.1 Å². The summed E-state index contributed by atoms with van der Waals surface area (Å²) in [5.41, 5.74) is 0.993. The third kappa shape index (κ3) is 2.88. The van der Waals surface area contributed by atoms with Gasteiger partial charge < -0.3 is 5.41 Å². The van der Waals surface area contributed by atoms with Crippen molar-refractivity contribution in [3.63, 3.8) is 0 Å². The van der Waals surface area contributed by atoms with Crippen LogP contribution in [0, 0.1) is 5.41 Å². The van der Waals surface area contributed by atoms with Crippen molar-refractivity contribution in [3.05, 3.63) is 35.9 Å². The molecular formula is C13H16F2N2. The largest absolute Gasteiger partial charge is 0.311 e. The van der Waals surface area contributed by atoms with Crippen molar-refractivity contribution in [2.75, 3.05) is 13.1 Å². The summed E-state index contributed by atoms with van der Waals surface area (Å²) in [7, 11) is 0. The normalized spacial score (nSPS) is 22.0. The van der Waals surface area contributed by atoms with Crippen LogP contribution in [0.25, 0.3) is 0 Å². The maximum Gasteiger partial charge on any atom is 0.250 e. The van der Waals surface area contributed by atoms with Gasteiger partial charge in [-0.3, -0.25) is 4.90 Å². The molecule has 0 saturated carbocycles. The minimum absolute atomic E-state index is 0.107. The van der Waals surface area contributed by atoms with Crippen molar-refractivity contribution >= 4 is 6.21 Å². The smallest absolute Gasteiger partial charge is 0.250 e. The predicted molar refractivity (Wildman–Crippen MR) is 63.7 cm³/mol. The van der Waals surface area contributed by atoms with Gasteiger partial charge in [-0.05, 0) is 5.56 Å². The van der Waals surface area contributed by atoms with Crippen LogP contribution in [-0.4, -0.2) is 30.1 Å². The van der Waals surface area contributed by atoms with Crippen molar-refractivity contribution in [3.8, 4) is 0 Å². The number of nitrogens with zero attached hydrogens (tertiary/aromatic N) is 1. The Balaban J connectivity index is 2.08. The number of rotatable bonds is 3. The minimum atomic E-state index is -2.53. The fraction of sp³-hybridized carbons (Fsp3) is 0.462. The second-order valence-electron chi connectivity index (χ2n) is 4.41. The highest BCUT2D eigenvalue weighted by Crippen LogP contribution is 2.31. The number of hydrogen-bond acceptors (Lipinski definition) is 2. The molecule has 1 unspecified atom stereocenters. The zero-order valence-corrected chi connectivity index (χ0v) is 9.57. The first-order valence-electron chi connectivity index (χ1n) is 5.80. The van der Waals surface area contributed by atoms with Crippen molar-refractivity contribution in [2.24, 2.45) is 0 Å². The van der Waals surface area contributed by atoms with Crippen molar-refractivity contribution in [1.29, 1.82) is 5.41 Å². The van der Waals surface area contributed by atoms with E-state index in [-0.39, 0.29) is 18.9 Å². The van der Waals surface area contributed by atoms with Crippen LogP contribution in [0.15, 0.2) is 30.3 Å². The van der Waals surface area contributed by atoms with Gasteiger partial charge in [-0.1, -0.05) is 30.3 Å². The summed E-state index contributed by atoms with van der Waals surface area (Å²) in [6.07, 6.45) is 1.12. The average molecular weight is 238 g/mol. The molecule has 17 heavy (non-hydrogen) atoms. The molecule has 0 radical (unpaired) electrons. The zero-order valence-electron chi connectivity index (χ0n) is 9.57. The van der Waals surface area contributed by atoms with Gasteiger partial charge in [-0.15, -0.1) is 0 Å². The molecule has 0 aliphatic carbocycles. The molecule has 92 valence electrons. The molecular weight excluding hydrogens is 222 g/mol. The number of hydrogen-bond donors (Lipinski definition) is 1. The second-order valence-corrected chi connectivity index (χ2v) is 4.41. The monoisotopic (exact) mass is 238 g/mol. The molecule has 1 heterocycles. The molecule has 1 saturated heterocycles. The number of piperidine rings is 1. The van der Waals surface area contributed by atoms with Crippen LogP contribution in [-0.2, 0) is 0 Å². The molecule has 0 aromatic heterocycles. The third-order valence-corrected chi connectivity index (χ3v) is 3.22. The molecule has 1 aliphatic rings. The topological polar surface area (TPSA) is 27.1 Å². The fourth-order valence-electron chi connectivity index (χ4n) is 2.19. The maximum absolute atomic E-state index is 13.1. The molecule has 1 aromatic rings. The Morgan fingerprint density at radius 2 is 1.76 bits per heavy atom. The summed E-state index contributed by atoms with van der Waals surface area (Å²) < 4.78 is 26.1. The van der Waals surface area contributed by atoms with E-state index >= 15 is 0 Å². The SMILES string of the molecule is N=CC(c1ccccc1)N1CCC(F)(F)CC1. The first-order chi connectivity index (χ1) is 8.12. The summed E-state index contributed by atoms with van der Waals surface area (Å²) in [5.74, 6) is -2.53. The molecule has 1 N–H and O–H groups in total. The Labute approximate surface area is 99.8 Å². The van der Waals surface area contributed by atoms with Gasteiger partial charge in [-0.25, -0.2) is 8.78 Å². The van der Waals surface area contributed by atoms with E-state index in [0.29, 0.717) is 13.1 Å². The lowest BCUT2D eigenvalue weighted by atomic mass is 10.0. The van der Waals surface area contributed by atoms with E-state index in [0.717, 1.165) is 5.56 Å². The molecule has 2 nitrogen and oxygen atoms in total. The standard InChI is InChI=1S/C13H16F2N2/c14-13(15)6-8-17(9-7-13)12(10-16)11-4-2-1-3-5-11/h1-5,10,12,16H,6-9H2. The number of alkyl halides is 2. The molecule has 1 atom stereocenters. The Hall–Kier alpha value is -1.29. The molecule has 4 heteroatoms. The first-order valence-corrected chi connectivity index (χ1v) is 5.80. The second kappa shape index (κ2) is 4.92. The van der Waals surface area contributed by atoms with Crippen molar-refractivity contribution < 1.29 is 8.78 Å². The molecule has 0 spiro atoms. The number of halogens is 2. The van der Waals surface area contributed by atoms with Crippen molar-refractivity contribution in [2.45, 2.75) is 24.8 Å². The third-order valence-electron chi connectivity index (χ3n) is 3.22. The molecule has 1 aromatic carbocycles. The maximum atomic E-state index is 13.1. The summed E-state index contributed by atoms with van der Waals surface area (Å²) in [6.45, 7) is 0.698. The van der Waals surface area contributed by atoms with Gasteiger partial charge in [0.25, 0.3) is 5.92 Å². The summed E-state index contributed by atoms with van der Waals surface area (Å²) >= 11 is 0. The van der Waals surface area contributed by atoms with Crippen LogP contribution >= 0.6 is 0 Å². The van der Waals surface area contributed by atoms with Crippen LogP contribution in [0.5, 0.6) is 0 Å². The van der Waals surface area contributed by atoms with Gasteiger partial charge in [0.1, 0.15) is 0 Å². The quantitative estimate of drug-likeness (QED) is 0.805. The van der Waals surface area contributed by atoms with E-state index in [1.165, 1.54) is 6.21 Å². The van der Waals surface area contributed by atoms with Crippen LogP contribution in [0.1, 0.15) is 24.4 Å². The minimum Gasteiger partial charge on any atom is -0.311 e. The highest BCUT2D eigenvalue weighted by atomic mass is 19.3. The summed E-state index contributed by atoms with van der Waals surface area (Å²) in [6, 6.07) is 9.42. The number of nitrogens with one attached hydrogen (secondary N) is 1. The first kappa shape index (κ1) is 12.2. The van der Waals surface area contributed by atoms with Gasteiger partial charge >= 0.3 is 0 Å². The van der Waals surface area contributed by atoms with E-state index in [1.807, 2.05) is 35.2 Å². The predicted octanol–water partition coefficient (Wildman–Crippen LogP) is 3.11. The zero-order chi connectivity index (χ0) is 12.3. The molecule has 1 aliphatic heterocycles. The van der Waals surface area contributed by atoms with Crippen LogP contribution in [0.3, 0.4) is 0 Å². The Kier molecular flexibility index (Phi) is 3.52. The average Bonchev–Trinajstić information content (AvgIpc) is 2.33. The molecule has 0 bridgehead atoms. The van der Waals surface area contributed by atoms with E-state index in [4.69, 9.17) is 5.41 Å². The fourth-order valence-corrected chi connectivity index (χ4v) is 2.19. The van der Waals surface area contributed by atoms with Gasteiger partial charge in [0.2, 0.25) is 0 Å². The van der Waals surface area contributed by atoms with Gasteiger partial charge in [-0.2, -0.15) is 0 Å². The lowest BCUT2D eigenvalue weighted by Crippen LogP contribution is -2.41. The highest BCUT2D eigenvalue weighted by Gasteiger charge is 2.36. The van der Waals surface area contributed by atoms with E-state index in [9.17, 15) is 8.78 Å². The Morgan fingerprint density at radius 3 is 2.29 bits per heavy atom. The lowest BCUT2D eigenvalue weighted by molar-refractivity contribution is -0.0584. The van der Waals surface area contributed by atoms with Crippen LogP contribution in [0.2, 0.25) is 0 Å². The Bertz CT molecular complexity index is 368. The Morgan fingerprint density at radius 1 is 1.18 bits per heavy atom. The summed E-state index contributed by atoms with van der Waals surface area (Å²) in [4.78, 5) is 1.94. The van der Waals surface area contributed by atoms with Crippen LogP contribution < -0.4 is 0 Å². The van der Waals surface area contributed by atoms with Crippen LogP contribution in [0.4, 0.5) is 8.78 Å². The lowest BCUT2D eigenvalue weighted by Gasteiger charge is -2.35. The molecule has 1 fully saturated rings. The van der Waals surface area contributed by atoms with E-state index in [1.54, 1.807) is 0 Å².